The molecular weight excluding hydrogens is 578 g/mol. The smallest absolute Gasteiger partial charge is 1.00 e. The van der Waals surface area contributed by atoms with Crippen LogP contribution in [0, 0.1) is 39.5 Å². The van der Waals surface area contributed by atoms with Gasteiger partial charge in [-0.3, -0.25) is 15.0 Å². The average Bonchev–Trinajstić information content (AvgIpc) is 2.97. The van der Waals surface area contributed by atoms with Crippen LogP contribution in [-0.2, 0) is 0 Å². The van der Waals surface area contributed by atoms with Gasteiger partial charge < -0.3 is 16.2 Å². The van der Waals surface area contributed by atoms with Gasteiger partial charge in [-0.05, 0) is 107 Å². The molecule has 4 heterocycles. The molecule has 1 fully saturated rings. The van der Waals surface area contributed by atoms with Gasteiger partial charge in [0.25, 0.3) is 0 Å². The van der Waals surface area contributed by atoms with Crippen molar-refractivity contribution in [1.29, 1.82) is 0 Å². The number of nitrogens with one attached hydrogen (secondary N) is 1. The second kappa shape index (κ2) is 17.8. The van der Waals surface area contributed by atoms with E-state index in [-0.39, 0.29) is 39.4 Å². The van der Waals surface area contributed by atoms with E-state index in [0.717, 1.165) is 71.2 Å². The van der Waals surface area contributed by atoms with Gasteiger partial charge in [-0.1, -0.05) is 38.1 Å². The van der Waals surface area contributed by atoms with Crippen molar-refractivity contribution in [1.82, 2.24) is 15.3 Å². The van der Waals surface area contributed by atoms with Gasteiger partial charge in [0.15, 0.2) is 0 Å². The number of aromatic nitrogens is 2. The molecule has 2 aliphatic rings. The topological polar surface area (TPSA) is 68.6 Å². The molecule has 46 heavy (non-hydrogen) atoms. The van der Waals surface area contributed by atoms with Crippen molar-refractivity contribution in [2.45, 2.75) is 73.3 Å². The molecule has 0 saturated carbocycles. The average molecular weight is 626 g/mol. The van der Waals surface area contributed by atoms with Crippen molar-refractivity contribution in [3.63, 3.8) is 0 Å². The molecule has 0 amide bonds. The summed E-state index contributed by atoms with van der Waals surface area (Å²) < 4.78 is 12.0. The minimum absolute atomic E-state index is 0. The SMILES string of the molecule is Cc1cc(Oc2cccc(C3=NC[C@@H](C)CC3)c2)cc(C)n1.Cc1cc(Oc2cccc([C@H]3CC[C@H](C)CN3)c2)cc(C)n1.[B].[H-].[Na+]. The molecule has 6 rings (SSSR count). The van der Waals surface area contributed by atoms with E-state index in [0.29, 0.717) is 12.0 Å². The summed E-state index contributed by atoms with van der Waals surface area (Å²) in [6.45, 7) is 14.5. The molecule has 2 aromatic heterocycles. The fourth-order valence-corrected chi connectivity index (χ4v) is 5.85. The number of aliphatic imine (C=N–C) groups is 1. The van der Waals surface area contributed by atoms with Gasteiger partial charge in [0.2, 0.25) is 0 Å². The van der Waals surface area contributed by atoms with Crippen molar-refractivity contribution in [2.24, 2.45) is 16.8 Å². The maximum Gasteiger partial charge on any atom is 1.00 e. The first-order valence-corrected chi connectivity index (χ1v) is 15.9. The summed E-state index contributed by atoms with van der Waals surface area (Å²) in [7, 11) is 0. The Kier molecular flexibility index (Phi) is 14.5. The van der Waals surface area contributed by atoms with Crippen LogP contribution in [0.4, 0.5) is 0 Å². The molecule has 2 aliphatic heterocycles. The van der Waals surface area contributed by atoms with Gasteiger partial charge in [-0.15, -0.1) is 0 Å². The quantitative estimate of drug-likeness (QED) is 0.267. The molecule has 0 aliphatic carbocycles. The summed E-state index contributed by atoms with van der Waals surface area (Å²) in [6.07, 6.45) is 4.74. The molecule has 0 bridgehead atoms. The first-order chi connectivity index (χ1) is 21.2. The van der Waals surface area contributed by atoms with E-state index in [9.17, 15) is 0 Å². The van der Waals surface area contributed by atoms with E-state index in [4.69, 9.17) is 14.5 Å². The molecule has 6 nitrogen and oxygen atoms in total. The number of hydrogen-bond donors (Lipinski definition) is 1. The van der Waals surface area contributed by atoms with Crippen molar-refractivity contribution in [2.75, 3.05) is 13.1 Å². The Morgan fingerprint density at radius 1 is 0.674 bits per heavy atom. The second-order valence-corrected chi connectivity index (χ2v) is 12.6. The number of nitrogens with zero attached hydrogens (tertiary/aromatic N) is 3. The van der Waals surface area contributed by atoms with Crippen LogP contribution in [-0.4, -0.2) is 37.2 Å². The monoisotopic (exact) mass is 625 g/mol. The van der Waals surface area contributed by atoms with Crippen molar-refractivity contribution >= 4 is 14.1 Å². The van der Waals surface area contributed by atoms with Crippen LogP contribution >= 0.6 is 0 Å². The van der Waals surface area contributed by atoms with Crippen molar-refractivity contribution in [3.05, 3.63) is 107 Å². The van der Waals surface area contributed by atoms with Gasteiger partial charge >= 0.3 is 29.6 Å². The number of pyridine rings is 2. The summed E-state index contributed by atoms with van der Waals surface area (Å²) in [5.41, 5.74) is 7.58. The summed E-state index contributed by atoms with van der Waals surface area (Å²) in [5, 5.41) is 3.63. The largest absolute Gasteiger partial charge is 1.00 e. The summed E-state index contributed by atoms with van der Waals surface area (Å²) >= 11 is 0. The van der Waals surface area contributed by atoms with Crippen molar-refractivity contribution in [3.8, 4) is 23.0 Å². The molecule has 8 heteroatoms. The fraction of sp³-hybridized carbons (Fsp3) is 0.395. The Bertz CT molecular complexity index is 1570. The third kappa shape index (κ3) is 11.1. The predicted molar refractivity (Wildman–Crippen MR) is 186 cm³/mol. The number of aryl methyl sites for hydroxylation is 4. The Morgan fingerprint density at radius 2 is 1.24 bits per heavy atom. The maximum atomic E-state index is 6.02. The summed E-state index contributed by atoms with van der Waals surface area (Å²) in [5.74, 6) is 4.91. The van der Waals surface area contributed by atoms with Gasteiger partial charge in [0.1, 0.15) is 23.0 Å². The molecule has 235 valence electrons. The molecule has 2 aromatic carbocycles. The maximum absolute atomic E-state index is 6.02. The zero-order chi connectivity index (χ0) is 31.1. The number of piperidine rings is 1. The Labute approximate surface area is 301 Å². The molecule has 1 N–H and O–H groups in total. The van der Waals surface area contributed by atoms with Gasteiger partial charge in [0, 0.05) is 73.8 Å². The van der Waals surface area contributed by atoms with E-state index < -0.39 is 0 Å². The zero-order valence-electron chi connectivity index (χ0n) is 29.6. The minimum Gasteiger partial charge on any atom is -1.00 e. The van der Waals surface area contributed by atoms with Gasteiger partial charge in [-0.25, -0.2) is 0 Å². The number of benzene rings is 2. The second-order valence-electron chi connectivity index (χ2n) is 12.6. The third-order valence-electron chi connectivity index (χ3n) is 8.14. The molecule has 4 aromatic rings. The standard InChI is InChI=1S/C19H24N2O.C19H22N2O.B.Na.H/c2*1-13-7-8-19(20-12-13)16-5-4-6-17(11-16)22-18-9-14(2)21-15(3)10-18;;;/h4-6,9-11,13,19-20H,7-8,12H2,1-3H3;4-6,9-11,13H,7-8,12H2,1-3H3;;;/q;;;+1;-1/t13-,19+;13-;;;/m00.../s1. The molecular formula is C38H47BN4NaO2. The molecule has 3 radical (unpaired) electrons. The van der Waals surface area contributed by atoms with E-state index >= 15 is 0 Å². The van der Waals surface area contributed by atoms with Crippen LogP contribution in [0.1, 0.15) is 80.9 Å². The summed E-state index contributed by atoms with van der Waals surface area (Å²) in [6, 6.07) is 24.9. The minimum atomic E-state index is 0. The Hall–Kier alpha value is -2.97. The fourth-order valence-electron chi connectivity index (χ4n) is 5.85. The first-order valence-electron chi connectivity index (χ1n) is 15.9. The Morgan fingerprint density at radius 3 is 1.76 bits per heavy atom. The molecule has 1 saturated heterocycles. The van der Waals surface area contributed by atoms with E-state index in [1.807, 2.05) is 70.2 Å². The van der Waals surface area contributed by atoms with E-state index in [1.54, 1.807) is 0 Å². The summed E-state index contributed by atoms with van der Waals surface area (Å²) in [4.78, 5) is 13.5. The van der Waals surface area contributed by atoms with Crippen LogP contribution in [0.15, 0.2) is 77.8 Å². The van der Waals surface area contributed by atoms with Crippen LogP contribution < -0.4 is 44.3 Å². The number of rotatable bonds is 6. The predicted octanol–water partition coefficient (Wildman–Crippen LogP) is 6.00. The third-order valence-corrected chi connectivity index (χ3v) is 8.14. The van der Waals surface area contributed by atoms with Crippen LogP contribution in [0.5, 0.6) is 23.0 Å². The van der Waals surface area contributed by atoms with E-state index in [1.165, 1.54) is 36.1 Å². The molecule has 0 unspecified atom stereocenters. The van der Waals surface area contributed by atoms with Crippen LogP contribution in [0.2, 0.25) is 0 Å². The van der Waals surface area contributed by atoms with Gasteiger partial charge in [-0.2, -0.15) is 0 Å². The molecule has 0 spiro atoms. The Balaban J connectivity index is 0.000000307. The van der Waals surface area contributed by atoms with Gasteiger partial charge in [0.05, 0.1) is 0 Å². The number of ether oxygens (including phenoxy) is 2. The van der Waals surface area contributed by atoms with Crippen LogP contribution in [0.25, 0.3) is 0 Å². The van der Waals surface area contributed by atoms with Crippen molar-refractivity contribution < 1.29 is 40.5 Å². The number of hydrogen-bond acceptors (Lipinski definition) is 6. The van der Waals surface area contributed by atoms with E-state index in [2.05, 4.69) is 59.5 Å². The normalized spacial score (nSPS) is 18.9. The first kappa shape index (κ1) is 37.5. The molecule has 3 atom stereocenters. The zero-order valence-corrected chi connectivity index (χ0v) is 30.6. The van der Waals surface area contributed by atoms with Crippen LogP contribution in [0.3, 0.4) is 0 Å².